The van der Waals surface area contributed by atoms with Crippen molar-refractivity contribution in [3.8, 4) is 0 Å². The summed E-state index contributed by atoms with van der Waals surface area (Å²) >= 11 is 0. The second-order valence-corrected chi connectivity index (χ2v) is 7.65. The summed E-state index contributed by atoms with van der Waals surface area (Å²) < 4.78 is 2.01. The van der Waals surface area contributed by atoms with Crippen LogP contribution in [0.2, 0.25) is 0 Å². The van der Waals surface area contributed by atoms with Crippen LogP contribution in [-0.4, -0.2) is 63.9 Å². The highest BCUT2D eigenvalue weighted by molar-refractivity contribution is 5.78. The highest BCUT2D eigenvalue weighted by Gasteiger charge is 2.37. The Hall–Kier alpha value is -2.08. The minimum absolute atomic E-state index is 0.0798. The summed E-state index contributed by atoms with van der Waals surface area (Å²) in [5.74, 6) is 0. The average Bonchev–Trinajstić information content (AvgIpc) is 3.02. The molecule has 1 aromatic carbocycles. The molecule has 2 fully saturated rings. The Morgan fingerprint density at radius 3 is 2.96 bits per heavy atom. The third-order valence-electron chi connectivity index (χ3n) is 5.85. The molecular weight excluding hydrogens is 326 g/mol. The van der Waals surface area contributed by atoms with Gasteiger partial charge in [-0.05, 0) is 38.8 Å². The molecular formula is C20H29N5O. The van der Waals surface area contributed by atoms with Crippen LogP contribution in [0.25, 0.3) is 10.9 Å². The quantitative estimate of drug-likeness (QED) is 0.839. The van der Waals surface area contributed by atoms with Crippen molar-refractivity contribution in [2.45, 2.75) is 51.2 Å². The molecule has 140 valence electrons. The monoisotopic (exact) mass is 355 g/mol. The lowest BCUT2D eigenvalue weighted by Crippen LogP contribution is -2.65. The van der Waals surface area contributed by atoms with Gasteiger partial charge in [0.25, 0.3) is 0 Å². The Bertz CT molecular complexity index is 751. The third-order valence-corrected chi connectivity index (χ3v) is 5.85. The summed E-state index contributed by atoms with van der Waals surface area (Å²) in [4.78, 5) is 16.8. The molecule has 2 aliphatic rings. The second kappa shape index (κ2) is 7.66. The van der Waals surface area contributed by atoms with Gasteiger partial charge in [-0.1, -0.05) is 24.6 Å². The van der Waals surface area contributed by atoms with Crippen molar-refractivity contribution in [1.82, 2.24) is 24.9 Å². The van der Waals surface area contributed by atoms with Crippen molar-refractivity contribution in [1.29, 1.82) is 0 Å². The third kappa shape index (κ3) is 3.56. The Morgan fingerprint density at radius 2 is 2.12 bits per heavy atom. The molecule has 2 saturated heterocycles. The number of benzene rings is 1. The maximum absolute atomic E-state index is 12.3. The number of hydrogen-bond acceptors (Lipinski definition) is 3. The molecule has 0 spiro atoms. The summed E-state index contributed by atoms with van der Waals surface area (Å²) in [5.41, 5.74) is 1.15. The van der Waals surface area contributed by atoms with E-state index in [1.807, 2.05) is 27.9 Å². The van der Waals surface area contributed by atoms with Gasteiger partial charge in [0.05, 0.1) is 11.7 Å². The average molecular weight is 355 g/mol. The zero-order valence-corrected chi connectivity index (χ0v) is 15.6. The number of urea groups is 1. The van der Waals surface area contributed by atoms with Crippen LogP contribution < -0.4 is 5.32 Å². The van der Waals surface area contributed by atoms with E-state index in [4.69, 9.17) is 0 Å². The van der Waals surface area contributed by atoms with Gasteiger partial charge in [-0.3, -0.25) is 9.58 Å². The summed E-state index contributed by atoms with van der Waals surface area (Å²) in [6, 6.07) is 9.53. The maximum atomic E-state index is 12.3. The van der Waals surface area contributed by atoms with Crippen LogP contribution in [0.15, 0.2) is 30.5 Å². The van der Waals surface area contributed by atoms with Crippen LogP contribution in [0.5, 0.6) is 0 Å². The van der Waals surface area contributed by atoms with Crippen molar-refractivity contribution in [2.75, 3.05) is 26.2 Å². The van der Waals surface area contributed by atoms with E-state index in [-0.39, 0.29) is 6.03 Å². The second-order valence-electron chi connectivity index (χ2n) is 7.65. The number of carbonyl (C=O) groups is 1. The lowest BCUT2D eigenvalue weighted by atomic mass is 9.98. The van der Waals surface area contributed by atoms with Gasteiger partial charge in [0.15, 0.2) is 0 Å². The Balaban J connectivity index is 1.17. The van der Waals surface area contributed by atoms with E-state index in [0.717, 1.165) is 37.0 Å². The fraction of sp³-hybridized carbons (Fsp3) is 0.600. The van der Waals surface area contributed by atoms with Crippen molar-refractivity contribution in [2.24, 2.45) is 0 Å². The fourth-order valence-electron chi connectivity index (χ4n) is 4.23. The first-order valence-corrected chi connectivity index (χ1v) is 9.91. The van der Waals surface area contributed by atoms with Gasteiger partial charge in [0.1, 0.15) is 0 Å². The van der Waals surface area contributed by atoms with E-state index < -0.39 is 0 Å². The van der Waals surface area contributed by atoms with Gasteiger partial charge < -0.3 is 10.2 Å². The summed E-state index contributed by atoms with van der Waals surface area (Å²) in [6.45, 7) is 6.77. The molecule has 0 saturated carbocycles. The number of rotatable bonds is 5. The Labute approximate surface area is 155 Å². The van der Waals surface area contributed by atoms with Gasteiger partial charge >= 0.3 is 6.03 Å². The fourth-order valence-corrected chi connectivity index (χ4v) is 4.23. The highest BCUT2D eigenvalue weighted by Crippen LogP contribution is 2.24. The number of carbonyl (C=O) groups excluding carboxylic acids is 1. The van der Waals surface area contributed by atoms with E-state index in [9.17, 15) is 4.79 Å². The van der Waals surface area contributed by atoms with Crippen LogP contribution in [0, 0.1) is 0 Å². The normalized spacial score (nSPS) is 21.7. The number of hydrogen-bond donors (Lipinski definition) is 1. The van der Waals surface area contributed by atoms with Gasteiger partial charge in [0, 0.05) is 43.6 Å². The molecule has 2 amide bonds. The number of aryl methyl sites for hydroxylation is 1. The predicted octanol–water partition coefficient (Wildman–Crippen LogP) is 2.69. The molecule has 0 bridgehead atoms. The summed E-state index contributed by atoms with van der Waals surface area (Å²) in [7, 11) is 0. The molecule has 1 aromatic heterocycles. The number of aromatic nitrogens is 2. The maximum Gasteiger partial charge on any atom is 0.317 e. The van der Waals surface area contributed by atoms with Gasteiger partial charge in [-0.2, -0.15) is 5.10 Å². The number of nitrogens with one attached hydrogen (secondary N) is 1. The van der Waals surface area contributed by atoms with E-state index in [0.29, 0.717) is 18.6 Å². The molecule has 0 aliphatic carbocycles. The SMILES string of the molecule is C[C@@H]1CCCCN1C1CN(C(=O)NCCCn2ncc3ccccc32)C1. The number of likely N-dealkylation sites (tertiary alicyclic amines) is 2. The van der Waals surface area contributed by atoms with Crippen LogP contribution in [0.1, 0.15) is 32.6 Å². The molecule has 3 heterocycles. The molecule has 6 heteroatoms. The minimum Gasteiger partial charge on any atom is -0.338 e. The van der Waals surface area contributed by atoms with Crippen LogP contribution in [0.4, 0.5) is 4.79 Å². The molecule has 1 atom stereocenters. The largest absolute Gasteiger partial charge is 0.338 e. The molecule has 1 N–H and O–H groups in total. The zero-order chi connectivity index (χ0) is 17.9. The molecule has 2 aliphatic heterocycles. The van der Waals surface area contributed by atoms with E-state index in [2.05, 4.69) is 34.4 Å². The van der Waals surface area contributed by atoms with Crippen molar-refractivity contribution >= 4 is 16.9 Å². The zero-order valence-electron chi connectivity index (χ0n) is 15.6. The van der Waals surface area contributed by atoms with Crippen molar-refractivity contribution in [3.63, 3.8) is 0 Å². The smallest absolute Gasteiger partial charge is 0.317 e. The lowest BCUT2D eigenvalue weighted by molar-refractivity contribution is 0.0170. The van der Waals surface area contributed by atoms with Crippen molar-refractivity contribution in [3.05, 3.63) is 30.5 Å². The topological polar surface area (TPSA) is 53.4 Å². The first-order valence-electron chi connectivity index (χ1n) is 9.91. The van der Waals surface area contributed by atoms with Gasteiger partial charge in [-0.15, -0.1) is 0 Å². The number of nitrogens with zero attached hydrogens (tertiary/aromatic N) is 4. The summed E-state index contributed by atoms with van der Waals surface area (Å²) in [5, 5.41) is 8.65. The Morgan fingerprint density at radius 1 is 1.27 bits per heavy atom. The minimum atomic E-state index is 0.0798. The molecule has 0 radical (unpaired) electrons. The van der Waals surface area contributed by atoms with Crippen LogP contribution >= 0.6 is 0 Å². The highest BCUT2D eigenvalue weighted by atomic mass is 16.2. The van der Waals surface area contributed by atoms with E-state index >= 15 is 0 Å². The number of piperidine rings is 1. The number of amides is 2. The van der Waals surface area contributed by atoms with Crippen molar-refractivity contribution < 1.29 is 4.79 Å². The van der Waals surface area contributed by atoms with Gasteiger partial charge in [-0.25, -0.2) is 4.79 Å². The predicted molar refractivity (Wildman–Crippen MR) is 103 cm³/mol. The van der Waals surface area contributed by atoms with Crippen LogP contribution in [-0.2, 0) is 6.54 Å². The summed E-state index contributed by atoms with van der Waals surface area (Å²) in [6.07, 6.45) is 6.73. The first-order chi connectivity index (χ1) is 12.7. The molecule has 6 nitrogen and oxygen atoms in total. The van der Waals surface area contributed by atoms with E-state index in [1.54, 1.807) is 0 Å². The lowest BCUT2D eigenvalue weighted by Gasteiger charge is -2.49. The van der Waals surface area contributed by atoms with E-state index in [1.165, 1.54) is 25.8 Å². The number of fused-ring (bicyclic) bond motifs is 1. The first kappa shape index (κ1) is 17.3. The molecule has 2 aromatic rings. The number of para-hydroxylation sites is 1. The molecule has 0 unspecified atom stereocenters. The van der Waals surface area contributed by atoms with Gasteiger partial charge in [0.2, 0.25) is 0 Å². The molecule has 26 heavy (non-hydrogen) atoms. The Kier molecular flexibility index (Phi) is 5.11. The van der Waals surface area contributed by atoms with Crippen LogP contribution in [0.3, 0.4) is 0 Å². The standard InChI is InChI=1S/C20H29N5O/c1-16-7-4-5-11-24(16)18-14-23(15-18)20(26)21-10-6-12-25-19-9-3-2-8-17(19)13-22-25/h2-3,8-9,13,16,18H,4-7,10-12,14-15H2,1H3,(H,21,26)/t16-/m1/s1. The molecule has 4 rings (SSSR count).